The molecule has 2 rings (SSSR count). The van der Waals surface area contributed by atoms with Crippen molar-refractivity contribution in [2.45, 2.75) is 57.7 Å². The molecule has 0 aliphatic carbocycles. The Morgan fingerprint density at radius 3 is 2.68 bits per heavy atom. The fourth-order valence-corrected chi connectivity index (χ4v) is 2.87. The van der Waals surface area contributed by atoms with Crippen LogP contribution in [0.5, 0.6) is 0 Å². The maximum absolute atomic E-state index is 5.95. The number of hydrogen-bond acceptors (Lipinski definition) is 2. The van der Waals surface area contributed by atoms with Gasteiger partial charge in [0.25, 0.3) is 0 Å². The summed E-state index contributed by atoms with van der Waals surface area (Å²) in [6.07, 6.45) is 4.86. The highest BCUT2D eigenvalue weighted by molar-refractivity contribution is 6.30. The van der Waals surface area contributed by atoms with Gasteiger partial charge in [0.1, 0.15) is 0 Å². The second-order valence-corrected chi connectivity index (χ2v) is 5.74. The molecule has 19 heavy (non-hydrogen) atoms. The maximum Gasteiger partial charge on any atom is 0.0587 e. The second kappa shape index (κ2) is 7.28. The number of halogens is 1. The summed E-state index contributed by atoms with van der Waals surface area (Å²) < 4.78 is 5.74. The summed E-state index contributed by atoms with van der Waals surface area (Å²) in [6.45, 7) is 5.31. The summed E-state index contributed by atoms with van der Waals surface area (Å²) in [5, 5.41) is 4.58. The highest BCUT2D eigenvalue weighted by atomic mass is 35.5. The quantitative estimate of drug-likeness (QED) is 0.867. The first-order valence-corrected chi connectivity index (χ1v) is 7.73. The van der Waals surface area contributed by atoms with Gasteiger partial charge in [0, 0.05) is 23.7 Å². The predicted octanol–water partition coefficient (Wildman–Crippen LogP) is 4.34. The zero-order valence-electron chi connectivity index (χ0n) is 11.9. The minimum atomic E-state index is 0.415. The molecule has 0 amide bonds. The number of nitrogens with one attached hydrogen (secondary N) is 1. The molecule has 1 aliphatic rings. The number of ether oxygens (including phenoxy) is 1. The van der Waals surface area contributed by atoms with Crippen LogP contribution in [0.2, 0.25) is 5.02 Å². The molecule has 0 bridgehead atoms. The monoisotopic (exact) mass is 281 g/mol. The molecule has 3 unspecified atom stereocenters. The van der Waals surface area contributed by atoms with Crippen molar-refractivity contribution >= 4 is 11.6 Å². The summed E-state index contributed by atoms with van der Waals surface area (Å²) >= 11 is 5.95. The van der Waals surface area contributed by atoms with Crippen LogP contribution in [0.15, 0.2) is 24.3 Å². The van der Waals surface area contributed by atoms with Gasteiger partial charge < -0.3 is 10.1 Å². The van der Waals surface area contributed by atoms with Crippen molar-refractivity contribution in [3.63, 3.8) is 0 Å². The van der Waals surface area contributed by atoms with Crippen LogP contribution in [0.3, 0.4) is 0 Å². The van der Waals surface area contributed by atoms with Crippen LogP contribution in [-0.2, 0) is 4.74 Å². The van der Waals surface area contributed by atoms with Crippen molar-refractivity contribution in [3.8, 4) is 0 Å². The van der Waals surface area contributed by atoms with E-state index in [1.165, 1.54) is 5.56 Å². The van der Waals surface area contributed by atoms with E-state index >= 15 is 0 Å². The van der Waals surface area contributed by atoms with E-state index in [0.29, 0.717) is 18.2 Å². The van der Waals surface area contributed by atoms with E-state index in [9.17, 15) is 0 Å². The van der Waals surface area contributed by atoms with Gasteiger partial charge in [-0.15, -0.1) is 0 Å². The zero-order valence-corrected chi connectivity index (χ0v) is 12.6. The lowest BCUT2D eigenvalue weighted by atomic mass is 9.97. The highest BCUT2D eigenvalue weighted by Gasteiger charge is 2.23. The molecule has 1 aromatic rings. The summed E-state index contributed by atoms with van der Waals surface area (Å²) in [7, 11) is 0. The minimum absolute atomic E-state index is 0.415. The first-order chi connectivity index (χ1) is 9.22. The Morgan fingerprint density at radius 2 is 2.05 bits per heavy atom. The van der Waals surface area contributed by atoms with Gasteiger partial charge in [0.2, 0.25) is 0 Å². The summed E-state index contributed by atoms with van der Waals surface area (Å²) in [5.41, 5.74) is 1.33. The van der Waals surface area contributed by atoms with E-state index in [4.69, 9.17) is 16.3 Å². The normalized spacial score (nSPS) is 25.2. The number of benzene rings is 1. The fraction of sp³-hybridized carbons (Fsp3) is 0.625. The Morgan fingerprint density at radius 1 is 1.32 bits per heavy atom. The van der Waals surface area contributed by atoms with Crippen LogP contribution < -0.4 is 5.32 Å². The average Bonchev–Trinajstić information content (AvgIpc) is 2.46. The Bertz CT molecular complexity index is 379. The van der Waals surface area contributed by atoms with E-state index in [-0.39, 0.29) is 0 Å². The SMILES string of the molecule is CCC1CC(NC(CC)c2ccc(Cl)cc2)CCO1. The molecule has 1 aromatic carbocycles. The molecule has 2 nitrogen and oxygen atoms in total. The van der Waals surface area contributed by atoms with E-state index in [0.717, 1.165) is 37.3 Å². The molecule has 3 heteroatoms. The first kappa shape index (κ1) is 14.8. The zero-order chi connectivity index (χ0) is 13.7. The first-order valence-electron chi connectivity index (χ1n) is 7.36. The van der Waals surface area contributed by atoms with Crippen LogP contribution in [0, 0.1) is 0 Å². The Labute approximate surface area is 121 Å². The van der Waals surface area contributed by atoms with Crippen LogP contribution in [0.25, 0.3) is 0 Å². The standard InChI is InChI=1S/C16H24ClNO/c1-3-15-11-14(9-10-19-15)18-16(4-2)12-5-7-13(17)8-6-12/h5-8,14-16,18H,3-4,9-11H2,1-2H3. The Balaban J connectivity index is 1.96. The molecule has 106 valence electrons. The van der Waals surface area contributed by atoms with Crippen LogP contribution >= 0.6 is 11.6 Å². The smallest absolute Gasteiger partial charge is 0.0587 e. The Kier molecular flexibility index (Phi) is 5.68. The molecular weight excluding hydrogens is 258 g/mol. The predicted molar refractivity (Wildman–Crippen MR) is 80.7 cm³/mol. The lowest BCUT2D eigenvalue weighted by Crippen LogP contribution is -2.40. The van der Waals surface area contributed by atoms with Crippen molar-refractivity contribution in [3.05, 3.63) is 34.9 Å². The van der Waals surface area contributed by atoms with Crippen LogP contribution in [0.4, 0.5) is 0 Å². The molecule has 1 heterocycles. The fourth-order valence-electron chi connectivity index (χ4n) is 2.75. The van der Waals surface area contributed by atoms with Crippen molar-refractivity contribution in [1.29, 1.82) is 0 Å². The van der Waals surface area contributed by atoms with Gasteiger partial charge in [-0.25, -0.2) is 0 Å². The third kappa shape index (κ3) is 4.20. The topological polar surface area (TPSA) is 21.3 Å². The summed E-state index contributed by atoms with van der Waals surface area (Å²) in [6, 6.07) is 9.18. The van der Waals surface area contributed by atoms with Crippen molar-refractivity contribution in [2.24, 2.45) is 0 Å². The summed E-state index contributed by atoms with van der Waals surface area (Å²) in [4.78, 5) is 0. The third-order valence-electron chi connectivity index (χ3n) is 3.94. The molecule has 3 atom stereocenters. The minimum Gasteiger partial charge on any atom is -0.378 e. The van der Waals surface area contributed by atoms with E-state index in [1.807, 2.05) is 12.1 Å². The molecule has 1 fully saturated rings. The van der Waals surface area contributed by atoms with E-state index in [1.54, 1.807) is 0 Å². The van der Waals surface area contributed by atoms with Crippen LogP contribution in [0.1, 0.15) is 51.1 Å². The van der Waals surface area contributed by atoms with Crippen molar-refractivity contribution < 1.29 is 4.74 Å². The molecule has 0 aromatic heterocycles. The van der Waals surface area contributed by atoms with Gasteiger partial charge in [0.15, 0.2) is 0 Å². The lowest BCUT2D eigenvalue weighted by Gasteiger charge is -2.32. The number of hydrogen-bond donors (Lipinski definition) is 1. The van der Waals surface area contributed by atoms with Gasteiger partial charge in [-0.3, -0.25) is 0 Å². The van der Waals surface area contributed by atoms with Gasteiger partial charge in [-0.2, -0.15) is 0 Å². The maximum atomic E-state index is 5.95. The molecule has 1 N–H and O–H groups in total. The van der Waals surface area contributed by atoms with Gasteiger partial charge >= 0.3 is 0 Å². The van der Waals surface area contributed by atoms with Crippen molar-refractivity contribution in [1.82, 2.24) is 5.32 Å². The molecular formula is C16H24ClNO. The number of rotatable bonds is 5. The summed E-state index contributed by atoms with van der Waals surface area (Å²) in [5.74, 6) is 0. The molecule has 0 saturated carbocycles. The van der Waals surface area contributed by atoms with Gasteiger partial charge in [-0.05, 0) is 43.4 Å². The highest BCUT2D eigenvalue weighted by Crippen LogP contribution is 2.23. The lowest BCUT2D eigenvalue weighted by molar-refractivity contribution is -0.00209. The average molecular weight is 282 g/mol. The van der Waals surface area contributed by atoms with Gasteiger partial charge in [0.05, 0.1) is 6.10 Å². The van der Waals surface area contributed by atoms with E-state index in [2.05, 4.69) is 31.3 Å². The largest absolute Gasteiger partial charge is 0.378 e. The second-order valence-electron chi connectivity index (χ2n) is 5.30. The van der Waals surface area contributed by atoms with Crippen molar-refractivity contribution in [2.75, 3.05) is 6.61 Å². The van der Waals surface area contributed by atoms with Crippen LogP contribution in [-0.4, -0.2) is 18.8 Å². The molecule has 1 aliphatic heterocycles. The third-order valence-corrected chi connectivity index (χ3v) is 4.19. The molecule has 1 saturated heterocycles. The van der Waals surface area contributed by atoms with E-state index < -0.39 is 0 Å². The molecule has 0 spiro atoms. The molecule has 0 radical (unpaired) electrons. The van der Waals surface area contributed by atoms with Gasteiger partial charge in [-0.1, -0.05) is 37.6 Å². The Hall–Kier alpha value is -0.570.